The van der Waals surface area contributed by atoms with Crippen molar-refractivity contribution in [1.29, 1.82) is 5.26 Å². The quantitative estimate of drug-likeness (QED) is 0.0341. The molecule has 2 aliphatic heterocycles. The molecule has 0 bridgehead atoms. The first-order chi connectivity index (χ1) is 33.0. The molecule has 19 nitrogen and oxygen atoms in total. The molecule has 2 fully saturated rings. The molecule has 0 unspecified atom stereocenters. The van der Waals surface area contributed by atoms with Crippen LogP contribution in [0.4, 0.5) is 0 Å². The topological polar surface area (TPSA) is 287 Å². The second kappa shape index (κ2) is 27.2. The third-order valence-corrected chi connectivity index (χ3v) is 14.7. The summed E-state index contributed by atoms with van der Waals surface area (Å²) in [7, 11) is 1.13. The molecule has 0 aliphatic carbocycles. The fourth-order valence-electron chi connectivity index (χ4n) is 9.34. The largest absolute Gasteiger partial charge is 0.469 e. The van der Waals surface area contributed by atoms with Crippen molar-refractivity contribution < 1.29 is 72.6 Å². The first kappa shape index (κ1) is 61.9. The molecule has 0 saturated carbocycles. The number of aliphatic hydroxyl groups excluding tert-OH is 5. The molecule has 1 spiro atoms. The van der Waals surface area contributed by atoms with E-state index in [2.05, 4.69) is 10.3 Å². The maximum Gasteiger partial charge on any atom is 0.469 e. The van der Waals surface area contributed by atoms with Gasteiger partial charge in [0.05, 0.1) is 49.2 Å². The number of aromatic nitrogens is 1. The van der Waals surface area contributed by atoms with Crippen LogP contribution in [0.3, 0.4) is 0 Å². The summed E-state index contributed by atoms with van der Waals surface area (Å²) in [5.74, 6) is -3.67. The number of allylic oxidation sites excluding steroid dienone is 7. The van der Waals surface area contributed by atoms with E-state index in [1.165, 1.54) is 26.6 Å². The maximum absolute atomic E-state index is 12.8. The molecular formula is C51H83N4O15P. The number of carbonyl (C=O) groups is 1. The van der Waals surface area contributed by atoms with Crippen LogP contribution in [0.5, 0.6) is 0 Å². The van der Waals surface area contributed by atoms with Crippen LogP contribution in [-0.2, 0) is 32.8 Å². The molecule has 1 amide bonds. The number of ether oxygens (including phenoxy) is 4. The molecule has 20 heteroatoms. The minimum atomic E-state index is -5.16. The number of phosphoric acid groups is 1. The van der Waals surface area contributed by atoms with Crippen LogP contribution in [0, 0.1) is 34.5 Å². The number of likely N-dealkylation sites (N-methyl/N-ethyl adjacent to an activating group) is 1. The number of nitrogens with one attached hydrogen (secondary N) is 1. The number of oxazole rings is 1. The Morgan fingerprint density at radius 2 is 1.72 bits per heavy atom. The summed E-state index contributed by atoms with van der Waals surface area (Å²) in [6, 6.07) is 0.980. The number of carbonyl (C=O) groups excluding carboxylic acids is 1. The Hall–Kier alpha value is -3.42. The fourth-order valence-corrected chi connectivity index (χ4v) is 10.0. The van der Waals surface area contributed by atoms with Gasteiger partial charge in [0.25, 0.3) is 5.91 Å². The van der Waals surface area contributed by atoms with Crippen LogP contribution in [-0.4, -0.2) is 159 Å². The van der Waals surface area contributed by atoms with Gasteiger partial charge in [-0.3, -0.25) is 9.32 Å². The van der Waals surface area contributed by atoms with E-state index in [1.54, 1.807) is 52.8 Å². The average molecular weight is 1020 g/mol. The minimum absolute atomic E-state index is 0.0661. The van der Waals surface area contributed by atoms with Crippen molar-refractivity contribution in [3.63, 3.8) is 0 Å². The Balaban J connectivity index is 1.76. The molecule has 0 aromatic carbocycles. The van der Waals surface area contributed by atoms with Gasteiger partial charge in [-0.25, -0.2) is 9.55 Å². The van der Waals surface area contributed by atoms with Gasteiger partial charge in [-0.05, 0) is 71.9 Å². The van der Waals surface area contributed by atoms with Crippen LogP contribution >= 0.6 is 7.82 Å². The molecule has 0 radical (unpaired) electrons. The van der Waals surface area contributed by atoms with Crippen molar-refractivity contribution in [2.45, 2.75) is 174 Å². The highest BCUT2D eigenvalue weighted by atomic mass is 31.2. The summed E-state index contributed by atoms with van der Waals surface area (Å²) in [6.07, 6.45) is 4.05. The number of hydrogen-bond acceptors (Lipinski definition) is 16. The number of phosphoric ester groups is 1. The molecule has 402 valence electrons. The van der Waals surface area contributed by atoms with E-state index in [9.17, 15) is 44.7 Å². The summed E-state index contributed by atoms with van der Waals surface area (Å²) < 4.78 is 48.3. The van der Waals surface area contributed by atoms with Gasteiger partial charge in [-0.1, -0.05) is 77.5 Å². The molecule has 2 aliphatic rings. The molecule has 71 heavy (non-hydrogen) atoms. The number of hydrogen-bond donors (Lipinski definition) is 8. The molecule has 16 atom stereocenters. The number of nitriles is 1. The number of amides is 1. The number of aliphatic hydroxyl groups is 5. The fraction of sp³-hybridized carbons (Fsp3) is 0.706. The summed E-state index contributed by atoms with van der Waals surface area (Å²) >= 11 is 0. The van der Waals surface area contributed by atoms with Crippen LogP contribution in [0.25, 0.3) is 6.08 Å². The predicted octanol–water partition coefficient (Wildman–Crippen LogP) is 5.08. The Kier molecular flexibility index (Phi) is 23.7. The summed E-state index contributed by atoms with van der Waals surface area (Å²) in [5, 5.41) is 67.4. The molecule has 3 heterocycles. The standard InChI is InChI=1S/C51H83N4O15P/c1-29(21-22-52)17-15-18-30(2)31(3)23-32(4)43(58)36(8)39(56)25-42(66-14)46-47(70-71(62,63)64)50(9,10)51(69-46)26-40(57)35(7)41(68-51)20-16-19-37-27-67-49(54-37)33(5)24-34(6)53-48(61)45(60)44(59)38(28-65-13)55(11)12/h15-19,21,23,27,32-36,38-47,56-60H,20,24-26,28H2,1-14H3,(H,53,61)(H2,62,63,64)/b17-15+,19-16+,29-21-,30-18-,31-23+/t32-,33+,34-,35+,36+,38+,39+,40-,41+,42+,43-,44+,45+,46-,47+,51-/m1/s1. The van der Waals surface area contributed by atoms with E-state index >= 15 is 0 Å². The lowest BCUT2D eigenvalue weighted by atomic mass is 9.72. The van der Waals surface area contributed by atoms with E-state index in [0.717, 1.165) is 16.7 Å². The molecular weight excluding hydrogens is 940 g/mol. The second-order valence-corrected chi connectivity index (χ2v) is 21.6. The third kappa shape index (κ3) is 16.8. The van der Waals surface area contributed by atoms with E-state index in [4.69, 9.17) is 33.2 Å². The molecule has 8 N–H and O–H groups in total. The lowest BCUT2D eigenvalue weighted by molar-refractivity contribution is -0.334. The van der Waals surface area contributed by atoms with Crippen molar-refractivity contribution in [3.8, 4) is 6.07 Å². The van der Waals surface area contributed by atoms with Crippen LogP contribution in [0.2, 0.25) is 0 Å². The number of methoxy groups -OCH3 is 2. The highest BCUT2D eigenvalue weighted by Gasteiger charge is 2.68. The van der Waals surface area contributed by atoms with Gasteiger partial charge in [-0.2, -0.15) is 5.26 Å². The smallest absolute Gasteiger partial charge is 0.448 e. The van der Waals surface area contributed by atoms with Crippen LogP contribution < -0.4 is 5.32 Å². The normalized spacial score (nSPS) is 27.8. The summed E-state index contributed by atoms with van der Waals surface area (Å²) in [4.78, 5) is 39.5. The van der Waals surface area contributed by atoms with Crippen molar-refractivity contribution in [2.24, 2.45) is 23.2 Å². The van der Waals surface area contributed by atoms with Crippen molar-refractivity contribution in [1.82, 2.24) is 15.2 Å². The van der Waals surface area contributed by atoms with E-state index < -0.39 is 104 Å². The van der Waals surface area contributed by atoms with Gasteiger partial charge >= 0.3 is 7.82 Å². The first-order valence-corrected chi connectivity index (χ1v) is 25.8. The van der Waals surface area contributed by atoms with Crippen molar-refractivity contribution >= 4 is 19.8 Å². The minimum Gasteiger partial charge on any atom is -0.448 e. The third-order valence-electron chi connectivity index (χ3n) is 14.2. The molecule has 1 aromatic rings. The predicted molar refractivity (Wildman–Crippen MR) is 267 cm³/mol. The van der Waals surface area contributed by atoms with Crippen LogP contribution in [0.15, 0.2) is 63.9 Å². The van der Waals surface area contributed by atoms with Crippen LogP contribution in [0.1, 0.15) is 112 Å². The van der Waals surface area contributed by atoms with E-state index in [0.29, 0.717) is 18.0 Å². The lowest BCUT2D eigenvalue weighted by Gasteiger charge is -2.50. The van der Waals surface area contributed by atoms with Gasteiger partial charge in [0, 0.05) is 68.3 Å². The van der Waals surface area contributed by atoms with Crippen molar-refractivity contribution in [3.05, 3.63) is 71.0 Å². The monoisotopic (exact) mass is 1020 g/mol. The van der Waals surface area contributed by atoms with Gasteiger partial charge in [-0.15, -0.1) is 0 Å². The summed E-state index contributed by atoms with van der Waals surface area (Å²) in [5.41, 5.74) is 1.87. The molecule has 1 aromatic heterocycles. The summed E-state index contributed by atoms with van der Waals surface area (Å²) in [6.45, 7) is 18.2. The maximum atomic E-state index is 12.8. The highest BCUT2D eigenvalue weighted by molar-refractivity contribution is 7.46. The Labute approximate surface area is 420 Å². The van der Waals surface area contributed by atoms with Gasteiger partial charge in [0.15, 0.2) is 17.8 Å². The number of rotatable bonds is 26. The SMILES string of the molecule is COC[C@@H]([C@H](O)[C@H](O)C(=O)N[C@H](C)C[C@H](C)c1nc(/C=C/C[C@@H]2O[C@]3(C[C@@H](O)[C@@H]2C)O[C@H]([C@H](C[C@H](O)[C@H](C)[C@H](O)[C@H](C)/C=C(C)/C(C)=C\C=C\C(C)=C/C#N)OC)[C@H](OP(=O)(O)O)C3(C)C)co1)N(C)C. The zero-order valence-corrected chi connectivity index (χ0v) is 44.9. The first-order valence-electron chi connectivity index (χ1n) is 24.2. The zero-order valence-electron chi connectivity index (χ0n) is 44.0. The Bertz CT molecular complexity index is 2110. The van der Waals surface area contributed by atoms with E-state index in [1.807, 2.05) is 78.0 Å². The van der Waals surface area contributed by atoms with Crippen molar-refractivity contribution in [2.75, 3.05) is 34.9 Å². The zero-order chi connectivity index (χ0) is 53.8. The molecule has 2 saturated heterocycles. The Morgan fingerprint density at radius 3 is 2.31 bits per heavy atom. The van der Waals surface area contributed by atoms with Gasteiger partial charge in [0.1, 0.15) is 30.3 Å². The average Bonchev–Trinajstić information content (AvgIpc) is 3.84. The van der Waals surface area contributed by atoms with E-state index in [-0.39, 0.29) is 37.7 Å². The lowest BCUT2D eigenvalue weighted by Crippen LogP contribution is -2.58. The molecule has 3 rings (SSSR count). The Morgan fingerprint density at radius 1 is 1.06 bits per heavy atom. The highest BCUT2D eigenvalue weighted by Crippen LogP contribution is 2.59. The van der Waals surface area contributed by atoms with Gasteiger partial charge in [0.2, 0.25) is 0 Å². The van der Waals surface area contributed by atoms with Gasteiger partial charge < -0.3 is 68.9 Å². The second-order valence-electron chi connectivity index (χ2n) is 20.4. The number of nitrogens with zero attached hydrogens (tertiary/aromatic N) is 3.